The number of hydrogen-bond acceptors (Lipinski definition) is 5. The Balaban J connectivity index is 1.52. The van der Waals surface area contributed by atoms with Crippen LogP contribution in [-0.4, -0.2) is 43.4 Å². The Hall–Kier alpha value is -2.25. The summed E-state index contributed by atoms with van der Waals surface area (Å²) in [6, 6.07) is 11.9. The standard InChI is InChI=1S/C22H28N2O4S/c1-17-12-14-24(15-13-17)29(26,27)21-10-8-19(9-11-21)22(25)28-16-4-7-20-6-3-5-18(2)23-20/h3,5-6,8-11,17H,4,7,12-16H2,1-2H3. The third kappa shape index (κ3) is 5.64. The number of hydrogen-bond donors (Lipinski definition) is 0. The van der Waals surface area contributed by atoms with Gasteiger partial charge in [0.15, 0.2) is 0 Å². The van der Waals surface area contributed by atoms with Gasteiger partial charge in [-0.25, -0.2) is 13.2 Å². The van der Waals surface area contributed by atoms with Gasteiger partial charge in [-0.3, -0.25) is 4.98 Å². The fraction of sp³-hybridized carbons (Fsp3) is 0.455. The van der Waals surface area contributed by atoms with Crippen molar-refractivity contribution in [3.63, 3.8) is 0 Å². The third-order valence-electron chi connectivity index (χ3n) is 5.23. The molecule has 6 nitrogen and oxygen atoms in total. The number of ether oxygens (including phenoxy) is 1. The summed E-state index contributed by atoms with van der Waals surface area (Å²) in [7, 11) is -3.51. The summed E-state index contributed by atoms with van der Waals surface area (Å²) in [5.74, 6) is 0.109. The van der Waals surface area contributed by atoms with E-state index in [1.54, 1.807) is 0 Å². The molecule has 0 radical (unpaired) electrons. The maximum Gasteiger partial charge on any atom is 0.338 e. The van der Waals surface area contributed by atoms with Crippen LogP contribution in [0.15, 0.2) is 47.4 Å². The summed E-state index contributed by atoms with van der Waals surface area (Å²) in [6.07, 6.45) is 3.17. The molecule has 2 aromatic rings. The monoisotopic (exact) mass is 416 g/mol. The molecule has 0 saturated carbocycles. The van der Waals surface area contributed by atoms with E-state index in [9.17, 15) is 13.2 Å². The minimum atomic E-state index is -3.51. The number of rotatable bonds is 7. The van der Waals surface area contributed by atoms with Crippen LogP contribution in [0.5, 0.6) is 0 Å². The number of carbonyl (C=O) groups is 1. The number of carbonyl (C=O) groups excluding carboxylic acids is 1. The van der Waals surface area contributed by atoms with E-state index in [-0.39, 0.29) is 4.90 Å². The van der Waals surface area contributed by atoms with E-state index >= 15 is 0 Å². The van der Waals surface area contributed by atoms with Gasteiger partial charge in [0.1, 0.15) is 0 Å². The highest BCUT2D eigenvalue weighted by Crippen LogP contribution is 2.23. The molecule has 0 atom stereocenters. The number of sulfonamides is 1. The molecule has 1 aliphatic rings. The first-order valence-corrected chi connectivity index (χ1v) is 11.5. The van der Waals surface area contributed by atoms with Crippen molar-refractivity contribution in [3.05, 3.63) is 59.4 Å². The lowest BCUT2D eigenvalue weighted by molar-refractivity contribution is 0.0500. The van der Waals surface area contributed by atoms with Crippen LogP contribution >= 0.6 is 0 Å². The van der Waals surface area contributed by atoms with Crippen LogP contribution in [0.1, 0.15) is 47.9 Å². The zero-order valence-electron chi connectivity index (χ0n) is 17.0. The molecule has 7 heteroatoms. The van der Waals surface area contributed by atoms with Crippen molar-refractivity contribution < 1.29 is 17.9 Å². The molecule has 0 bridgehead atoms. The van der Waals surface area contributed by atoms with E-state index in [1.807, 2.05) is 25.1 Å². The first kappa shape index (κ1) is 21.5. The molecular formula is C22H28N2O4S. The Morgan fingerprint density at radius 3 is 2.48 bits per heavy atom. The zero-order chi connectivity index (χ0) is 20.9. The molecule has 2 heterocycles. The van der Waals surface area contributed by atoms with Gasteiger partial charge in [-0.05, 0) is 74.9 Å². The Morgan fingerprint density at radius 1 is 1.14 bits per heavy atom. The highest BCUT2D eigenvalue weighted by atomic mass is 32.2. The van der Waals surface area contributed by atoms with Crippen LogP contribution in [0, 0.1) is 12.8 Å². The Morgan fingerprint density at radius 2 is 1.83 bits per heavy atom. The van der Waals surface area contributed by atoms with E-state index in [0.717, 1.165) is 30.7 Å². The lowest BCUT2D eigenvalue weighted by atomic mass is 10.0. The van der Waals surface area contributed by atoms with Gasteiger partial charge in [0.05, 0.1) is 17.1 Å². The molecule has 1 aromatic heterocycles. The van der Waals surface area contributed by atoms with Gasteiger partial charge in [0, 0.05) is 24.5 Å². The van der Waals surface area contributed by atoms with Crippen LogP contribution in [0.2, 0.25) is 0 Å². The predicted octanol–water partition coefficient (Wildman–Crippen LogP) is 3.60. The largest absolute Gasteiger partial charge is 0.462 e. The topological polar surface area (TPSA) is 76.6 Å². The van der Waals surface area contributed by atoms with Crippen molar-refractivity contribution in [1.82, 2.24) is 9.29 Å². The minimum Gasteiger partial charge on any atom is -0.462 e. The maximum absolute atomic E-state index is 12.7. The smallest absolute Gasteiger partial charge is 0.338 e. The van der Waals surface area contributed by atoms with E-state index < -0.39 is 16.0 Å². The van der Waals surface area contributed by atoms with Crippen LogP contribution in [0.25, 0.3) is 0 Å². The number of piperidine rings is 1. The van der Waals surface area contributed by atoms with Crippen LogP contribution in [-0.2, 0) is 21.2 Å². The highest BCUT2D eigenvalue weighted by molar-refractivity contribution is 7.89. The Labute approximate surface area is 173 Å². The number of benzene rings is 1. The fourth-order valence-corrected chi connectivity index (χ4v) is 4.85. The van der Waals surface area contributed by atoms with Crippen LogP contribution in [0.4, 0.5) is 0 Å². The van der Waals surface area contributed by atoms with Crippen molar-refractivity contribution in [2.24, 2.45) is 5.92 Å². The van der Waals surface area contributed by atoms with Gasteiger partial charge >= 0.3 is 5.97 Å². The summed E-state index contributed by atoms with van der Waals surface area (Å²) in [5, 5.41) is 0. The van der Waals surface area contributed by atoms with Crippen LogP contribution in [0.3, 0.4) is 0 Å². The van der Waals surface area contributed by atoms with E-state index in [0.29, 0.717) is 37.6 Å². The molecule has 29 heavy (non-hydrogen) atoms. The Bertz CT molecular complexity index is 934. The quantitative estimate of drug-likeness (QED) is 0.509. The molecular weight excluding hydrogens is 388 g/mol. The fourth-order valence-electron chi connectivity index (χ4n) is 3.38. The van der Waals surface area contributed by atoms with Crippen molar-refractivity contribution >= 4 is 16.0 Å². The molecule has 156 valence electrons. The van der Waals surface area contributed by atoms with Gasteiger partial charge in [0.25, 0.3) is 0 Å². The lowest BCUT2D eigenvalue weighted by Gasteiger charge is -2.29. The molecule has 0 spiro atoms. The maximum atomic E-state index is 12.7. The minimum absolute atomic E-state index is 0.217. The molecule has 1 saturated heterocycles. The summed E-state index contributed by atoms with van der Waals surface area (Å²) in [6.45, 7) is 5.47. The zero-order valence-corrected chi connectivity index (χ0v) is 17.8. The van der Waals surface area contributed by atoms with Crippen molar-refractivity contribution in [1.29, 1.82) is 0 Å². The molecule has 0 aliphatic carbocycles. The predicted molar refractivity (Wildman–Crippen MR) is 111 cm³/mol. The van der Waals surface area contributed by atoms with Crippen molar-refractivity contribution in [2.45, 2.75) is 44.4 Å². The van der Waals surface area contributed by atoms with Gasteiger partial charge in [0.2, 0.25) is 10.0 Å². The van der Waals surface area contributed by atoms with E-state index in [4.69, 9.17) is 4.74 Å². The lowest BCUT2D eigenvalue weighted by Crippen LogP contribution is -2.37. The first-order valence-electron chi connectivity index (χ1n) is 10.1. The molecule has 3 rings (SSSR count). The first-order chi connectivity index (χ1) is 13.9. The number of esters is 1. The second-order valence-electron chi connectivity index (χ2n) is 7.62. The van der Waals surface area contributed by atoms with Crippen molar-refractivity contribution in [2.75, 3.05) is 19.7 Å². The van der Waals surface area contributed by atoms with Gasteiger partial charge in [-0.2, -0.15) is 4.31 Å². The summed E-state index contributed by atoms with van der Waals surface area (Å²) in [5.41, 5.74) is 2.29. The van der Waals surface area contributed by atoms with Gasteiger partial charge in [-0.1, -0.05) is 13.0 Å². The number of nitrogens with zero attached hydrogens (tertiary/aromatic N) is 2. The number of aromatic nitrogens is 1. The second kappa shape index (κ2) is 9.50. The molecule has 0 unspecified atom stereocenters. The molecule has 1 aromatic carbocycles. The summed E-state index contributed by atoms with van der Waals surface area (Å²) < 4.78 is 32.3. The SMILES string of the molecule is Cc1cccc(CCCOC(=O)c2ccc(S(=O)(=O)N3CCC(C)CC3)cc2)n1. The number of aryl methyl sites for hydroxylation is 2. The summed E-state index contributed by atoms with van der Waals surface area (Å²) >= 11 is 0. The second-order valence-corrected chi connectivity index (χ2v) is 9.56. The normalized spacial score (nSPS) is 15.9. The number of pyridine rings is 1. The average molecular weight is 417 g/mol. The Kier molecular flexibility index (Phi) is 7.03. The van der Waals surface area contributed by atoms with Gasteiger partial charge in [-0.15, -0.1) is 0 Å². The van der Waals surface area contributed by atoms with Gasteiger partial charge < -0.3 is 4.74 Å². The molecule has 0 amide bonds. The third-order valence-corrected chi connectivity index (χ3v) is 7.14. The summed E-state index contributed by atoms with van der Waals surface area (Å²) in [4.78, 5) is 16.8. The highest BCUT2D eigenvalue weighted by Gasteiger charge is 2.28. The molecule has 1 aliphatic heterocycles. The van der Waals surface area contributed by atoms with E-state index in [1.165, 1.54) is 28.6 Å². The van der Waals surface area contributed by atoms with Crippen LogP contribution < -0.4 is 0 Å². The molecule has 0 N–H and O–H groups in total. The van der Waals surface area contributed by atoms with E-state index in [2.05, 4.69) is 11.9 Å². The molecule has 1 fully saturated rings. The average Bonchev–Trinajstić information content (AvgIpc) is 2.71. The van der Waals surface area contributed by atoms with Crippen molar-refractivity contribution in [3.8, 4) is 0 Å².